The molecule has 92 valence electrons. The van der Waals surface area contributed by atoms with Crippen LogP contribution in [0.2, 0.25) is 0 Å². The third kappa shape index (κ3) is 2.34. The molecule has 0 N–H and O–H groups in total. The molecule has 0 aliphatic carbocycles. The van der Waals surface area contributed by atoms with E-state index in [0.717, 1.165) is 23.0 Å². The van der Waals surface area contributed by atoms with Gasteiger partial charge in [0.15, 0.2) is 0 Å². The van der Waals surface area contributed by atoms with Crippen LogP contribution < -0.4 is 0 Å². The molecule has 1 aromatic carbocycles. The number of hydrogen-bond donors (Lipinski definition) is 0. The highest BCUT2D eigenvalue weighted by atomic mass is 19.1. The lowest BCUT2D eigenvalue weighted by molar-refractivity contribution is 0.286. The Hall–Kier alpha value is -1.35. The summed E-state index contributed by atoms with van der Waals surface area (Å²) in [6, 6.07) is 5.63. The van der Waals surface area contributed by atoms with Crippen molar-refractivity contribution in [1.29, 1.82) is 0 Å². The lowest BCUT2D eigenvalue weighted by atomic mass is 10.1. The van der Waals surface area contributed by atoms with E-state index in [0.29, 0.717) is 6.04 Å². The van der Waals surface area contributed by atoms with Crippen molar-refractivity contribution in [2.75, 3.05) is 14.1 Å². The van der Waals surface area contributed by atoms with Crippen LogP contribution in [0, 0.1) is 12.7 Å². The second-order valence-electron chi connectivity index (χ2n) is 4.94. The lowest BCUT2D eigenvalue weighted by Gasteiger charge is -2.21. The first-order valence-corrected chi connectivity index (χ1v) is 5.90. The molecular weight excluding hydrogens is 215 g/mol. The van der Waals surface area contributed by atoms with Crippen molar-refractivity contribution in [2.45, 2.75) is 26.4 Å². The molecule has 1 atom stereocenters. The number of halogens is 1. The summed E-state index contributed by atoms with van der Waals surface area (Å²) in [4.78, 5) is 2.19. The molecule has 1 heterocycles. The molecule has 2 aromatic rings. The SMILES string of the molecule is Cc1cc(F)cc2ccn(C[C@@H](C)N(C)C)c12. The third-order valence-electron chi connectivity index (χ3n) is 3.36. The number of benzene rings is 1. The average Bonchev–Trinajstić information content (AvgIpc) is 2.60. The highest BCUT2D eigenvalue weighted by Crippen LogP contribution is 2.22. The van der Waals surface area contributed by atoms with Crippen LogP contribution in [0.1, 0.15) is 12.5 Å². The van der Waals surface area contributed by atoms with Gasteiger partial charge in [-0.05, 0) is 51.7 Å². The number of nitrogens with zero attached hydrogens (tertiary/aromatic N) is 2. The molecule has 17 heavy (non-hydrogen) atoms. The Morgan fingerprint density at radius 2 is 2.06 bits per heavy atom. The molecule has 0 amide bonds. The van der Waals surface area contributed by atoms with Crippen molar-refractivity contribution >= 4 is 10.9 Å². The zero-order valence-electron chi connectivity index (χ0n) is 10.9. The van der Waals surface area contributed by atoms with Gasteiger partial charge in [-0.3, -0.25) is 0 Å². The molecule has 3 heteroatoms. The summed E-state index contributed by atoms with van der Waals surface area (Å²) in [5.74, 6) is -0.159. The number of aryl methyl sites for hydroxylation is 1. The lowest BCUT2D eigenvalue weighted by Crippen LogP contribution is -2.28. The molecule has 0 spiro atoms. The molecule has 0 radical (unpaired) electrons. The summed E-state index contributed by atoms with van der Waals surface area (Å²) < 4.78 is 15.5. The zero-order chi connectivity index (χ0) is 12.6. The minimum Gasteiger partial charge on any atom is -0.346 e. The topological polar surface area (TPSA) is 8.17 Å². The van der Waals surface area contributed by atoms with E-state index in [2.05, 4.69) is 30.5 Å². The third-order valence-corrected chi connectivity index (χ3v) is 3.36. The van der Waals surface area contributed by atoms with Gasteiger partial charge in [0.1, 0.15) is 5.82 Å². The molecule has 0 fully saturated rings. The highest BCUT2D eigenvalue weighted by Gasteiger charge is 2.10. The van der Waals surface area contributed by atoms with Gasteiger partial charge in [0.25, 0.3) is 0 Å². The molecule has 0 aliphatic heterocycles. The van der Waals surface area contributed by atoms with Crippen LogP contribution in [-0.4, -0.2) is 29.6 Å². The molecule has 2 rings (SSSR count). The van der Waals surface area contributed by atoms with Gasteiger partial charge in [0.2, 0.25) is 0 Å². The first-order valence-electron chi connectivity index (χ1n) is 5.90. The minimum atomic E-state index is -0.159. The fourth-order valence-corrected chi connectivity index (χ4v) is 2.13. The van der Waals surface area contributed by atoms with Crippen molar-refractivity contribution in [3.63, 3.8) is 0 Å². The van der Waals surface area contributed by atoms with Gasteiger partial charge in [0.05, 0.1) is 5.52 Å². The summed E-state index contributed by atoms with van der Waals surface area (Å²) in [5.41, 5.74) is 2.14. The number of rotatable bonds is 3. The number of hydrogen-bond acceptors (Lipinski definition) is 1. The maximum Gasteiger partial charge on any atom is 0.124 e. The van der Waals surface area contributed by atoms with E-state index in [1.807, 2.05) is 19.2 Å². The van der Waals surface area contributed by atoms with Crippen LogP contribution in [0.25, 0.3) is 10.9 Å². The van der Waals surface area contributed by atoms with Crippen LogP contribution in [-0.2, 0) is 6.54 Å². The van der Waals surface area contributed by atoms with Crippen LogP contribution in [0.3, 0.4) is 0 Å². The van der Waals surface area contributed by atoms with Crippen molar-refractivity contribution < 1.29 is 4.39 Å². The minimum absolute atomic E-state index is 0.159. The van der Waals surface area contributed by atoms with E-state index in [9.17, 15) is 4.39 Å². The molecule has 0 saturated heterocycles. The quantitative estimate of drug-likeness (QED) is 0.792. The molecule has 0 aliphatic rings. The van der Waals surface area contributed by atoms with Gasteiger partial charge < -0.3 is 9.47 Å². The summed E-state index contributed by atoms with van der Waals surface area (Å²) in [7, 11) is 4.14. The van der Waals surface area contributed by atoms with E-state index >= 15 is 0 Å². The Balaban J connectivity index is 2.42. The normalized spacial score (nSPS) is 13.5. The van der Waals surface area contributed by atoms with Crippen LogP contribution in [0.5, 0.6) is 0 Å². The van der Waals surface area contributed by atoms with Gasteiger partial charge in [-0.1, -0.05) is 0 Å². The van der Waals surface area contributed by atoms with Gasteiger partial charge >= 0.3 is 0 Å². The molecule has 0 bridgehead atoms. The second-order valence-corrected chi connectivity index (χ2v) is 4.94. The molecule has 0 saturated carbocycles. The Morgan fingerprint density at radius 3 is 2.71 bits per heavy atom. The first-order chi connectivity index (χ1) is 7.99. The number of fused-ring (bicyclic) bond motifs is 1. The zero-order valence-corrected chi connectivity index (χ0v) is 10.9. The van der Waals surface area contributed by atoms with Crippen molar-refractivity contribution in [2.24, 2.45) is 0 Å². The molecular formula is C14H19FN2. The van der Waals surface area contributed by atoms with Gasteiger partial charge in [0, 0.05) is 24.2 Å². The summed E-state index contributed by atoms with van der Waals surface area (Å²) >= 11 is 0. The number of aromatic nitrogens is 1. The predicted molar refractivity (Wildman–Crippen MR) is 69.8 cm³/mol. The van der Waals surface area contributed by atoms with Gasteiger partial charge in [-0.2, -0.15) is 0 Å². The maximum atomic E-state index is 13.3. The maximum absolute atomic E-state index is 13.3. The smallest absolute Gasteiger partial charge is 0.124 e. The van der Waals surface area contributed by atoms with Crippen molar-refractivity contribution in [3.05, 3.63) is 35.8 Å². The molecule has 0 unspecified atom stereocenters. The van der Waals surface area contributed by atoms with Gasteiger partial charge in [-0.15, -0.1) is 0 Å². The fraction of sp³-hybridized carbons (Fsp3) is 0.429. The largest absolute Gasteiger partial charge is 0.346 e. The van der Waals surface area contributed by atoms with E-state index < -0.39 is 0 Å². The van der Waals surface area contributed by atoms with Crippen LogP contribution >= 0.6 is 0 Å². The fourth-order valence-electron chi connectivity index (χ4n) is 2.13. The molecule has 2 nitrogen and oxygen atoms in total. The first kappa shape index (κ1) is 12.1. The summed E-state index contributed by atoms with van der Waals surface area (Å²) in [6.45, 7) is 5.07. The van der Waals surface area contributed by atoms with E-state index in [1.54, 1.807) is 12.1 Å². The Morgan fingerprint density at radius 1 is 1.35 bits per heavy atom. The van der Waals surface area contributed by atoms with E-state index in [-0.39, 0.29) is 5.82 Å². The van der Waals surface area contributed by atoms with Crippen molar-refractivity contribution in [3.8, 4) is 0 Å². The summed E-state index contributed by atoms with van der Waals surface area (Å²) in [6.07, 6.45) is 2.04. The second kappa shape index (κ2) is 4.49. The van der Waals surface area contributed by atoms with Crippen molar-refractivity contribution in [1.82, 2.24) is 9.47 Å². The average molecular weight is 234 g/mol. The summed E-state index contributed by atoms with van der Waals surface area (Å²) in [5, 5.41) is 0.980. The Kier molecular flexibility index (Phi) is 3.20. The van der Waals surface area contributed by atoms with E-state index in [4.69, 9.17) is 0 Å². The monoisotopic (exact) mass is 234 g/mol. The van der Waals surface area contributed by atoms with E-state index in [1.165, 1.54) is 0 Å². The highest BCUT2D eigenvalue weighted by molar-refractivity contribution is 5.83. The van der Waals surface area contributed by atoms with Gasteiger partial charge in [-0.25, -0.2) is 4.39 Å². The Labute approximate surface area is 102 Å². The molecule has 1 aromatic heterocycles. The van der Waals surface area contributed by atoms with Crippen LogP contribution in [0.4, 0.5) is 4.39 Å². The Bertz CT molecular complexity index is 528. The number of likely N-dealkylation sites (N-methyl/N-ethyl adjacent to an activating group) is 1. The standard InChI is InChI=1S/C14H19FN2/c1-10-7-13(15)8-12-5-6-17(14(10)12)9-11(2)16(3)4/h5-8,11H,9H2,1-4H3/t11-/m1/s1. The predicted octanol–water partition coefficient (Wildman–Crippen LogP) is 3.04. The van der Waals surface area contributed by atoms with Crippen LogP contribution in [0.15, 0.2) is 24.4 Å².